The van der Waals surface area contributed by atoms with Gasteiger partial charge in [-0.05, 0) is 12.1 Å². The Morgan fingerprint density at radius 3 is 2.71 bits per heavy atom. The van der Waals surface area contributed by atoms with Crippen LogP contribution in [0.15, 0.2) is 34.4 Å². The molecular weight excluding hydrogens is 367 g/mol. The first-order valence-electron chi connectivity index (χ1n) is 7.47. The third-order valence-electron chi connectivity index (χ3n) is 3.29. The molecule has 0 saturated heterocycles. The summed E-state index contributed by atoms with van der Waals surface area (Å²) in [5.74, 6) is -0.197. The van der Waals surface area contributed by atoms with Crippen molar-refractivity contribution in [2.75, 3.05) is 20.3 Å². The first kappa shape index (κ1) is 19.3. The van der Waals surface area contributed by atoms with Gasteiger partial charge in [-0.1, -0.05) is 61.8 Å². The van der Waals surface area contributed by atoms with E-state index in [2.05, 4.69) is 25.9 Å². The van der Waals surface area contributed by atoms with Gasteiger partial charge in [-0.25, -0.2) is 0 Å². The SMILES string of the molecule is COCCN1N=C(C(C)(C)C)SC1=CC(=O)c1cccc(Cl)c1Cl. The molecular formula is C17H20Cl2N2O2S. The molecule has 7 heteroatoms. The highest BCUT2D eigenvalue weighted by molar-refractivity contribution is 8.17. The Morgan fingerprint density at radius 1 is 1.38 bits per heavy atom. The van der Waals surface area contributed by atoms with E-state index < -0.39 is 0 Å². The van der Waals surface area contributed by atoms with E-state index >= 15 is 0 Å². The summed E-state index contributed by atoms with van der Waals surface area (Å²) in [5.41, 5.74) is 0.288. The van der Waals surface area contributed by atoms with Crippen molar-refractivity contribution < 1.29 is 9.53 Å². The molecule has 0 unspecified atom stereocenters. The van der Waals surface area contributed by atoms with Gasteiger partial charge in [0, 0.05) is 24.2 Å². The second kappa shape index (κ2) is 7.91. The van der Waals surface area contributed by atoms with Gasteiger partial charge in [0.1, 0.15) is 10.1 Å². The van der Waals surface area contributed by atoms with Crippen LogP contribution < -0.4 is 0 Å². The van der Waals surface area contributed by atoms with Crippen LogP contribution in [0.5, 0.6) is 0 Å². The van der Waals surface area contributed by atoms with Crippen molar-refractivity contribution in [2.24, 2.45) is 10.5 Å². The molecule has 24 heavy (non-hydrogen) atoms. The van der Waals surface area contributed by atoms with Gasteiger partial charge in [-0.2, -0.15) is 5.10 Å². The lowest BCUT2D eigenvalue weighted by molar-refractivity contribution is 0.104. The summed E-state index contributed by atoms with van der Waals surface area (Å²) < 4.78 is 5.13. The molecule has 0 saturated carbocycles. The number of nitrogens with zero attached hydrogens (tertiary/aromatic N) is 2. The smallest absolute Gasteiger partial charge is 0.190 e. The number of hydrogen-bond acceptors (Lipinski definition) is 5. The quantitative estimate of drug-likeness (QED) is 0.522. The first-order chi connectivity index (χ1) is 11.2. The fraction of sp³-hybridized carbons (Fsp3) is 0.412. The lowest BCUT2D eigenvalue weighted by Gasteiger charge is -2.15. The molecule has 1 aromatic carbocycles. The fourth-order valence-corrected chi connectivity index (χ4v) is 3.40. The van der Waals surface area contributed by atoms with Crippen LogP contribution in [0.2, 0.25) is 10.0 Å². The summed E-state index contributed by atoms with van der Waals surface area (Å²) in [6.07, 6.45) is 1.56. The second-order valence-corrected chi connectivity index (χ2v) is 8.12. The molecule has 1 aromatic rings. The van der Waals surface area contributed by atoms with Crippen LogP contribution in [-0.2, 0) is 4.74 Å². The van der Waals surface area contributed by atoms with Crippen molar-refractivity contribution in [2.45, 2.75) is 20.8 Å². The van der Waals surface area contributed by atoms with Gasteiger partial charge in [-0.3, -0.25) is 9.80 Å². The van der Waals surface area contributed by atoms with Crippen molar-refractivity contribution >= 4 is 45.8 Å². The number of thioether (sulfide) groups is 1. The first-order valence-corrected chi connectivity index (χ1v) is 9.04. The van der Waals surface area contributed by atoms with Gasteiger partial charge >= 0.3 is 0 Å². The van der Waals surface area contributed by atoms with Crippen molar-refractivity contribution in [3.05, 3.63) is 44.9 Å². The number of ketones is 1. The molecule has 0 spiro atoms. The number of methoxy groups -OCH3 is 1. The molecule has 0 bridgehead atoms. The van der Waals surface area contributed by atoms with Gasteiger partial charge in [-0.15, -0.1) is 0 Å². The highest BCUT2D eigenvalue weighted by Gasteiger charge is 2.30. The van der Waals surface area contributed by atoms with Crippen LogP contribution in [0, 0.1) is 5.41 Å². The Morgan fingerprint density at radius 2 is 2.08 bits per heavy atom. The van der Waals surface area contributed by atoms with Gasteiger partial charge in [0.15, 0.2) is 5.78 Å². The number of carbonyl (C=O) groups excluding carboxylic acids is 1. The van der Waals surface area contributed by atoms with Crippen molar-refractivity contribution in [1.29, 1.82) is 0 Å². The number of rotatable bonds is 5. The molecule has 1 aliphatic heterocycles. The summed E-state index contributed by atoms with van der Waals surface area (Å²) in [5, 5.41) is 8.76. The van der Waals surface area contributed by atoms with E-state index in [1.54, 1.807) is 36.4 Å². The summed E-state index contributed by atoms with van der Waals surface area (Å²) in [4.78, 5) is 12.6. The number of hydrogen-bond donors (Lipinski definition) is 0. The molecule has 4 nitrogen and oxygen atoms in total. The largest absolute Gasteiger partial charge is 0.383 e. The van der Waals surface area contributed by atoms with Gasteiger partial charge in [0.2, 0.25) is 0 Å². The van der Waals surface area contributed by atoms with Gasteiger partial charge in [0.25, 0.3) is 0 Å². The van der Waals surface area contributed by atoms with E-state index in [0.717, 1.165) is 10.1 Å². The molecule has 0 radical (unpaired) electrons. The van der Waals surface area contributed by atoms with E-state index in [-0.39, 0.29) is 16.2 Å². The van der Waals surface area contributed by atoms with Crippen LogP contribution in [0.3, 0.4) is 0 Å². The zero-order valence-electron chi connectivity index (χ0n) is 14.1. The average molecular weight is 387 g/mol. The number of ether oxygens (including phenoxy) is 1. The number of benzene rings is 1. The number of hydrazone groups is 1. The van der Waals surface area contributed by atoms with Crippen molar-refractivity contribution in [3.63, 3.8) is 0 Å². The third-order valence-corrected chi connectivity index (χ3v) is 5.53. The second-order valence-electron chi connectivity index (χ2n) is 6.32. The third kappa shape index (κ3) is 4.54. The van der Waals surface area contributed by atoms with Crippen molar-refractivity contribution in [3.8, 4) is 0 Å². The molecule has 0 N–H and O–H groups in total. The zero-order chi connectivity index (χ0) is 17.9. The summed E-state index contributed by atoms with van der Waals surface area (Å²) in [6, 6.07) is 5.03. The monoisotopic (exact) mass is 386 g/mol. The summed E-state index contributed by atoms with van der Waals surface area (Å²) in [7, 11) is 1.64. The molecule has 0 aliphatic carbocycles. The number of allylic oxidation sites excluding steroid dienone is 1. The molecule has 0 atom stereocenters. The summed E-state index contributed by atoms with van der Waals surface area (Å²) in [6.45, 7) is 7.36. The predicted octanol–water partition coefficient (Wildman–Crippen LogP) is 5.07. The molecule has 0 fully saturated rings. The minimum Gasteiger partial charge on any atom is -0.383 e. The van der Waals surface area contributed by atoms with Crippen LogP contribution in [0.25, 0.3) is 0 Å². The Kier molecular flexibility index (Phi) is 6.37. The minimum atomic E-state index is -0.197. The number of carbonyl (C=O) groups is 1. The Hall–Kier alpha value is -1.01. The zero-order valence-corrected chi connectivity index (χ0v) is 16.4. The minimum absolute atomic E-state index is 0.0949. The molecule has 0 amide bonds. The van der Waals surface area contributed by atoms with Gasteiger partial charge in [0.05, 0.1) is 23.2 Å². The van der Waals surface area contributed by atoms with Crippen LogP contribution in [0.4, 0.5) is 0 Å². The maximum atomic E-state index is 12.6. The van der Waals surface area contributed by atoms with E-state index in [0.29, 0.717) is 23.7 Å². The normalized spacial score (nSPS) is 16.7. The van der Waals surface area contributed by atoms with Crippen LogP contribution in [-0.4, -0.2) is 36.1 Å². The highest BCUT2D eigenvalue weighted by Crippen LogP contribution is 2.38. The molecule has 2 rings (SSSR count). The number of halogens is 2. The maximum Gasteiger partial charge on any atom is 0.190 e. The van der Waals surface area contributed by atoms with Crippen LogP contribution in [0.1, 0.15) is 31.1 Å². The lowest BCUT2D eigenvalue weighted by Crippen LogP contribution is -2.19. The molecule has 1 aliphatic rings. The van der Waals surface area contributed by atoms with Gasteiger partial charge < -0.3 is 4.74 Å². The predicted molar refractivity (Wildman–Crippen MR) is 102 cm³/mol. The van der Waals surface area contributed by atoms with E-state index in [9.17, 15) is 4.79 Å². The molecule has 130 valence electrons. The Labute approximate surface area is 156 Å². The Balaban J connectivity index is 2.29. The lowest BCUT2D eigenvalue weighted by atomic mass is 9.99. The molecule has 1 heterocycles. The Bertz CT molecular complexity index is 696. The van der Waals surface area contributed by atoms with Crippen LogP contribution >= 0.6 is 35.0 Å². The summed E-state index contributed by atoms with van der Waals surface area (Å²) >= 11 is 13.6. The standard InChI is InChI=1S/C17H20Cl2N2O2S/c1-17(2,3)16-20-21(8-9-23-4)14(24-16)10-13(22)11-6-5-7-12(18)15(11)19/h5-7,10H,8-9H2,1-4H3. The van der Waals surface area contributed by atoms with E-state index in [1.165, 1.54) is 11.8 Å². The molecule has 0 aromatic heterocycles. The fourth-order valence-electron chi connectivity index (χ4n) is 1.96. The highest BCUT2D eigenvalue weighted by atomic mass is 35.5. The van der Waals surface area contributed by atoms with Crippen molar-refractivity contribution in [1.82, 2.24) is 5.01 Å². The average Bonchev–Trinajstić information content (AvgIpc) is 2.91. The topological polar surface area (TPSA) is 41.9 Å². The maximum absolute atomic E-state index is 12.6. The van der Waals surface area contributed by atoms with E-state index in [1.807, 2.05) is 0 Å². The van der Waals surface area contributed by atoms with E-state index in [4.69, 9.17) is 27.9 Å².